The summed E-state index contributed by atoms with van der Waals surface area (Å²) in [5.74, 6) is -0.560. The zero-order valence-corrected chi connectivity index (χ0v) is 35.4. The van der Waals surface area contributed by atoms with Gasteiger partial charge >= 0.3 is 13.8 Å². The molecule has 0 aromatic rings. The molecular weight excluding hydrogens is 823 g/mol. The van der Waals surface area contributed by atoms with Crippen molar-refractivity contribution >= 4 is 13.8 Å². The normalized spacial score (nSPS) is 37.7. The number of unbranched alkanes of at least 4 members (excludes halogenated alkanes) is 12. The second kappa shape index (κ2) is 26.7. The third-order valence-corrected chi connectivity index (χ3v) is 12.2. The Labute approximate surface area is 350 Å². The van der Waals surface area contributed by atoms with Crippen molar-refractivity contribution in [2.75, 3.05) is 19.8 Å². The quantitative estimate of drug-likeness (QED) is 0.0261. The minimum absolute atomic E-state index is 0.107. The first-order valence-electron chi connectivity index (χ1n) is 21.3. The Morgan fingerprint density at radius 3 is 1.37 bits per heavy atom. The van der Waals surface area contributed by atoms with Crippen molar-refractivity contribution in [1.29, 1.82) is 0 Å². The third-order valence-electron chi connectivity index (χ3n) is 11.2. The van der Waals surface area contributed by atoms with Gasteiger partial charge in [0, 0.05) is 6.42 Å². The van der Waals surface area contributed by atoms with Gasteiger partial charge in [0.15, 0.2) is 12.6 Å². The highest BCUT2D eigenvalue weighted by molar-refractivity contribution is 7.47. The first-order valence-corrected chi connectivity index (χ1v) is 22.8. The average molecular weight is 895 g/mol. The summed E-state index contributed by atoms with van der Waals surface area (Å²) in [5.41, 5.74) is 0. The van der Waals surface area contributed by atoms with Crippen LogP contribution in [0, 0.1) is 0 Å². The first kappa shape index (κ1) is 53.3. The summed E-state index contributed by atoms with van der Waals surface area (Å²) >= 11 is 0. The number of ether oxygens (including phenoxy) is 5. The van der Waals surface area contributed by atoms with Crippen molar-refractivity contribution in [2.24, 2.45) is 0 Å². The Balaban J connectivity index is 1.66. The number of hydrogen-bond acceptors (Lipinski definition) is 20. The predicted molar refractivity (Wildman–Crippen MR) is 206 cm³/mol. The lowest BCUT2D eigenvalue weighted by Crippen LogP contribution is -2.69. The van der Waals surface area contributed by atoms with Gasteiger partial charge in [0.05, 0.1) is 19.8 Å². The van der Waals surface area contributed by atoms with Crippen LogP contribution in [0.1, 0.15) is 110 Å². The zero-order valence-electron chi connectivity index (χ0n) is 34.5. The van der Waals surface area contributed by atoms with E-state index < -0.39 is 138 Å². The van der Waals surface area contributed by atoms with Gasteiger partial charge in [-0.2, -0.15) is 0 Å². The van der Waals surface area contributed by atoms with Gasteiger partial charge in [-0.1, -0.05) is 90.9 Å². The Kier molecular flexibility index (Phi) is 23.7. The molecule has 18 atom stereocenters. The van der Waals surface area contributed by atoms with E-state index in [0.717, 1.165) is 25.7 Å². The third kappa shape index (κ3) is 15.6. The maximum absolute atomic E-state index is 13.5. The van der Waals surface area contributed by atoms with Crippen molar-refractivity contribution in [3.05, 3.63) is 0 Å². The minimum Gasteiger partial charge on any atom is -0.460 e. The molecule has 3 fully saturated rings. The van der Waals surface area contributed by atoms with Gasteiger partial charge in [0.25, 0.3) is 0 Å². The number of esters is 1. The molecule has 21 nitrogen and oxygen atoms in total. The van der Waals surface area contributed by atoms with E-state index in [4.69, 9.17) is 32.7 Å². The van der Waals surface area contributed by atoms with Crippen LogP contribution >= 0.6 is 7.82 Å². The van der Waals surface area contributed by atoms with Crippen LogP contribution in [0.5, 0.6) is 0 Å². The maximum atomic E-state index is 13.5. The Bertz CT molecular complexity index is 1200. The molecule has 0 aromatic carbocycles. The van der Waals surface area contributed by atoms with E-state index in [2.05, 4.69) is 6.92 Å². The molecule has 3 aliphatic rings. The number of rotatable bonds is 27. The van der Waals surface area contributed by atoms with E-state index in [1.165, 1.54) is 51.4 Å². The van der Waals surface area contributed by atoms with Gasteiger partial charge in [-0.05, 0) is 12.8 Å². The molecule has 1 saturated carbocycles. The van der Waals surface area contributed by atoms with Crippen molar-refractivity contribution in [3.63, 3.8) is 0 Å². The maximum Gasteiger partial charge on any atom is 0.472 e. The van der Waals surface area contributed by atoms with Gasteiger partial charge in [-0.25, -0.2) is 4.57 Å². The van der Waals surface area contributed by atoms with Gasteiger partial charge in [-0.3, -0.25) is 13.8 Å². The Hall–Kier alpha value is -1.02. The standard InChI is InChI=1S/C38H71O21P/c1-3-5-6-7-8-9-10-11-12-13-14-15-16-17-24(41)54-21(4-2)20-53-60(51,52)59-36-34(57-37-32(49)27(44)25(42)22(18-39)55-37)30(47)29(46)31(48)35(36)58-38-33(50)28(45)26(43)23(19-40)56-38/h21-23,25-40,42-50H,3-20H2,1-2H3,(H,51,52)/t21-,22?,23?,25-,26-,27+,28?,29?,30?,31+,32?,33-,34?,35?,36?,37-,38-/m1/s1. The molecule has 1 aliphatic carbocycles. The van der Waals surface area contributed by atoms with Gasteiger partial charge in [-0.15, -0.1) is 0 Å². The van der Waals surface area contributed by atoms with E-state index in [9.17, 15) is 70.4 Å². The van der Waals surface area contributed by atoms with E-state index in [-0.39, 0.29) is 12.8 Å². The second-order valence-corrected chi connectivity index (χ2v) is 17.3. The summed E-state index contributed by atoms with van der Waals surface area (Å²) in [7, 11) is -5.41. The van der Waals surface area contributed by atoms with Crippen LogP contribution < -0.4 is 0 Å². The highest BCUT2D eigenvalue weighted by atomic mass is 31.2. The minimum atomic E-state index is -5.41. The van der Waals surface area contributed by atoms with Crippen LogP contribution in [0.25, 0.3) is 0 Å². The summed E-state index contributed by atoms with van der Waals surface area (Å²) in [6.45, 7) is 1.34. The lowest BCUT2D eigenvalue weighted by Gasteiger charge is -2.49. The number of carbonyl (C=O) groups excluding carboxylic acids is 1. The largest absolute Gasteiger partial charge is 0.472 e. The predicted octanol–water partition coefficient (Wildman–Crippen LogP) is -1.24. The molecule has 0 amide bonds. The fourth-order valence-electron chi connectivity index (χ4n) is 7.40. The number of aliphatic hydroxyl groups excluding tert-OH is 11. The van der Waals surface area contributed by atoms with Crippen LogP contribution in [0.4, 0.5) is 0 Å². The van der Waals surface area contributed by atoms with Gasteiger partial charge in [0.2, 0.25) is 0 Å². The lowest BCUT2D eigenvalue weighted by atomic mass is 9.84. The monoisotopic (exact) mass is 894 g/mol. The average Bonchev–Trinajstić information content (AvgIpc) is 3.22. The van der Waals surface area contributed by atoms with Crippen LogP contribution in [-0.2, 0) is 42.1 Å². The smallest absolute Gasteiger partial charge is 0.460 e. The highest BCUT2D eigenvalue weighted by Gasteiger charge is 2.58. The van der Waals surface area contributed by atoms with Crippen LogP contribution in [0.15, 0.2) is 0 Å². The molecule has 2 saturated heterocycles. The van der Waals surface area contributed by atoms with Crippen LogP contribution in [0.3, 0.4) is 0 Å². The first-order chi connectivity index (χ1) is 28.5. The Morgan fingerprint density at radius 1 is 0.567 bits per heavy atom. The van der Waals surface area contributed by atoms with Gasteiger partial charge in [0.1, 0.15) is 91.6 Å². The van der Waals surface area contributed by atoms with Crippen molar-refractivity contribution in [2.45, 2.75) is 214 Å². The molecule has 0 spiro atoms. The molecule has 60 heavy (non-hydrogen) atoms. The van der Waals surface area contributed by atoms with Crippen molar-refractivity contribution in [1.82, 2.24) is 0 Å². The summed E-state index contributed by atoms with van der Waals surface area (Å²) in [6.07, 6.45) is -18.5. The molecule has 0 radical (unpaired) electrons. The molecule has 0 aromatic heterocycles. The fourth-order valence-corrected chi connectivity index (χ4v) is 8.36. The molecule has 3 rings (SSSR count). The van der Waals surface area contributed by atoms with E-state index in [0.29, 0.717) is 6.42 Å². The number of phosphoric acid groups is 1. The summed E-state index contributed by atoms with van der Waals surface area (Å²) < 4.78 is 51.5. The fraction of sp³-hybridized carbons (Fsp3) is 0.974. The molecular formula is C38H71O21P. The molecule has 10 unspecified atom stereocenters. The van der Waals surface area contributed by atoms with Gasteiger partial charge < -0.3 is 84.7 Å². The second-order valence-electron chi connectivity index (χ2n) is 15.9. The highest BCUT2D eigenvalue weighted by Crippen LogP contribution is 2.49. The Morgan fingerprint density at radius 2 is 0.967 bits per heavy atom. The SMILES string of the molecule is CCCCCCCCCCCCCCCC(=O)O[C@H](CC)COP(=O)(O)OC1C(O[C@H]2OC(CO)[C@@H](O)[C@H](O)C2O)C(O)C(O)[C@H](O)C1O[C@H]1OC(CO)[C@@H](O)C(O)[C@H]1O. The molecule has 22 heteroatoms. The topological polar surface area (TPSA) is 342 Å². The van der Waals surface area contributed by atoms with Crippen LogP contribution in [-0.4, -0.2) is 191 Å². The molecule has 2 aliphatic heterocycles. The molecule has 12 N–H and O–H groups in total. The summed E-state index contributed by atoms with van der Waals surface area (Å²) in [6, 6.07) is 0. The molecule has 354 valence electrons. The molecule has 0 bridgehead atoms. The number of hydrogen-bond donors (Lipinski definition) is 12. The van der Waals surface area contributed by atoms with E-state index in [1.54, 1.807) is 6.92 Å². The molecule has 2 heterocycles. The summed E-state index contributed by atoms with van der Waals surface area (Å²) in [5, 5.41) is 115. The zero-order chi connectivity index (χ0) is 44.6. The lowest BCUT2D eigenvalue weighted by molar-refractivity contribution is -0.360. The van der Waals surface area contributed by atoms with Crippen molar-refractivity contribution < 1.29 is 103 Å². The number of phosphoric ester groups is 1. The summed E-state index contributed by atoms with van der Waals surface area (Å²) in [4.78, 5) is 23.6. The van der Waals surface area contributed by atoms with E-state index >= 15 is 0 Å². The van der Waals surface area contributed by atoms with Crippen molar-refractivity contribution in [3.8, 4) is 0 Å². The number of carbonyl (C=O) groups is 1. The van der Waals surface area contributed by atoms with E-state index in [1.807, 2.05) is 0 Å². The number of aliphatic hydroxyl groups is 11. The van der Waals surface area contributed by atoms with Crippen LogP contribution in [0.2, 0.25) is 0 Å².